The molecule has 1 saturated carbocycles. The lowest BCUT2D eigenvalue weighted by atomic mass is 9.91. The van der Waals surface area contributed by atoms with E-state index in [1.807, 2.05) is 19.2 Å². The van der Waals surface area contributed by atoms with Crippen LogP contribution in [-0.4, -0.2) is 49.0 Å². The van der Waals surface area contributed by atoms with Gasteiger partial charge in [-0.15, -0.1) is 0 Å². The van der Waals surface area contributed by atoms with Crippen molar-refractivity contribution in [1.82, 2.24) is 30.0 Å². The number of nitrogens with one attached hydrogen (secondary N) is 2. The fourth-order valence-electron chi connectivity index (χ4n) is 4.86. The molecule has 0 bridgehead atoms. The molecule has 152 valence electrons. The Morgan fingerprint density at radius 3 is 2.97 bits per heavy atom. The van der Waals surface area contributed by atoms with Crippen molar-refractivity contribution in [1.29, 1.82) is 0 Å². The molecule has 1 aliphatic heterocycles. The molecule has 29 heavy (non-hydrogen) atoms. The maximum atomic E-state index is 13.1. The zero-order valence-electron chi connectivity index (χ0n) is 16.9. The Morgan fingerprint density at radius 1 is 1.28 bits per heavy atom. The smallest absolute Gasteiger partial charge is 0.228 e. The highest BCUT2D eigenvalue weighted by molar-refractivity contribution is 5.79. The standard InChI is InChI=1S/C22H28N6O/c1-15-11-17(27-26-15)12-19(29)28-10-5-16(3-2-6-22(13-28)7-8-22)20-18-4-9-23-21(18)25-14-24-20/h4,9,11,14,16H,2-3,5-8,10,12-13H2,1H3,(H,26,27)(H,23,24,25). The molecule has 1 spiro atoms. The van der Waals surface area contributed by atoms with E-state index in [1.54, 1.807) is 6.33 Å². The molecule has 1 saturated heterocycles. The van der Waals surface area contributed by atoms with Crippen LogP contribution in [0.25, 0.3) is 11.0 Å². The summed E-state index contributed by atoms with van der Waals surface area (Å²) in [6, 6.07) is 4.04. The number of hydrogen-bond donors (Lipinski definition) is 2. The maximum Gasteiger partial charge on any atom is 0.228 e. The van der Waals surface area contributed by atoms with E-state index < -0.39 is 0 Å². The Morgan fingerprint density at radius 2 is 2.17 bits per heavy atom. The van der Waals surface area contributed by atoms with Crippen LogP contribution in [0.5, 0.6) is 0 Å². The monoisotopic (exact) mass is 392 g/mol. The van der Waals surface area contributed by atoms with Crippen LogP contribution in [-0.2, 0) is 11.2 Å². The van der Waals surface area contributed by atoms with Crippen LogP contribution in [0.15, 0.2) is 24.7 Å². The van der Waals surface area contributed by atoms with E-state index in [2.05, 4.69) is 36.1 Å². The SMILES string of the molecule is Cc1cc(CC(=O)N2CCC(c3ncnc4[nH]ccc34)CCCC3(CC3)C2)n[nH]1. The lowest BCUT2D eigenvalue weighted by Gasteiger charge is -2.27. The Bertz CT molecular complexity index is 1020. The third kappa shape index (κ3) is 3.78. The summed E-state index contributed by atoms with van der Waals surface area (Å²) in [4.78, 5) is 27.4. The summed E-state index contributed by atoms with van der Waals surface area (Å²) in [5, 5.41) is 8.32. The van der Waals surface area contributed by atoms with Crippen molar-refractivity contribution in [2.24, 2.45) is 5.41 Å². The quantitative estimate of drug-likeness (QED) is 0.714. The number of aromatic amines is 2. The van der Waals surface area contributed by atoms with E-state index >= 15 is 0 Å². The van der Waals surface area contributed by atoms with Gasteiger partial charge in [-0.25, -0.2) is 9.97 Å². The summed E-state index contributed by atoms with van der Waals surface area (Å²) in [5.41, 5.74) is 4.20. The number of hydrogen-bond acceptors (Lipinski definition) is 4. The molecule has 3 aromatic rings. The third-order valence-corrected chi connectivity index (χ3v) is 6.71. The summed E-state index contributed by atoms with van der Waals surface area (Å²) in [7, 11) is 0. The molecule has 4 heterocycles. The number of nitrogens with zero attached hydrogens (tertiary/aromatic N) is 4. The molecule has 1 unspecified atom stereocenters. The number of aromatic nitrogens is 5. The Hall–Kier alpha value is -2.70. The summed E-state index contributed by atoms with van der Waals surface area (Å²) in [6.45, 7) is 3.64. The molecule has 2 aliphatic rings. The highest BCUT2D eigenvalue weighted by Crippen LogP contribution is 2.51. The van der Waals surface area contributed by atoms with E-state index in [9.17, 15) is 4.79 Å². The van der Waals surface area contributed by atoms with Gasteiger partial charge in [0.1, 0.15) is 12.0 Å². The summed E-state index contributed by atoms with van der Waals surface area (Å²) in [5.74, 6) is 0.547. The second-order valence-corrected chi connectivity index (χ2v) is 8.91. The molecule has 1 amide bonds. The van der Waals surface area contributed by atoms with Gasteiger partial charge in [-0.3, -0.25) is 9.89 Å². The van der Waals surface area contributed by atoms with E-state index in [0.717, 1.165) is 54.0 Å². The first kappa shape index (κ1) is 18.3. The first-order valence-corrected chi connectivity index (χ1v) is 10.7. The number of carbonyl (C=O) groups is 1. The van der Waals surface area contributed by atoms with Gasteiger partial charge in [0.15, 0.2) is 0 Å². The number of fused-ring (bicyclic) bond motifs is 1. The van der Waals surface area contributed by atoms with Crippen molar-refractivity contribution in [3.63, 3.8) is 0 Å². The van der Waals surface area contributed by atoms with Gasteiger partial charge in [-0.2, -0.15) is 5.10 Å². The first-order chi connectivity index (χ1) is 14.1. The fourth-order valence-corrected chi connectivity index (χ4v) is 4.86. The molecule has 0 aromatic carbocycles. The number of aryl methyl sites for hydroxylation is 1. The topological polar surface area (TPSA) is 90.6 Å². The molecular formula is C22H28N6O. The first-order valence-electron chi connectivity index (χ1n) is 10.7. The summed E-state index contributed by atoms with van der Waals surface area (Å²) < 4.78 is 0. The number of amides is 1. The Labute approximate surface area is 170 Å². The van der Waals surface area contributed by atoms with Crippen LogP contribution in [0.4, 0.5) is 0 Å². The molecule has 2 N–H and O–H groups in total. The molecule has 7 nitrogen and oxygen atoms in total. The van der Waals surface area contributed by atoms with Gasteiger partial charge in [-0.1, -0.05) is 6.42 Å². The van der Waals surface area contributed by atoms with Crippen LogP contribution in [0.1, 0.15) is 61.5 Å². The molecule has 1 aliphatic carbocycles. The largest absolute Gasteiger partial charge is 0.346 e. The highest BCUT2D eigenvalue weighted by Gasteiger charge is 2.44. The lowest BCUT2D eigenvalue weighted by Crippen LogP contribution is -2.38. The van der Waals surface area contributed by atoms with Crippen molar-refractivity contribution in [2.75, 3.05) is 13.1 Å². The van der Waals surface area contributed by atoms with Crippen LogP contribution in [0.2, 0.25) is 0 Å². The number of carbonyl (C=O) groups excluding carboxylic acids is 1. The zero-order valence-corrected chi connectivity index (χ0v) is 16.9. The van der Waals surface area contributed by atoms with Gasteiger partial charge in [0.05, 0.1) is 17.8 Å². The molecule has 5 rings (SSSR count). The third-order valence-electron chi connectivity index (χ3n) is 6.71. The average Bonchev–Trinajstić information content (AvgIpc) is 3.10. The molecule has 0 radical (unpaired) electrons. The molecule has 7 heteroatoms. The van der Waals surface area contributed by atoms with Gasteiger partial charge >= 0.3 is 0 Å². The van der Waals surface area contributed by atoms with Gasteiger partial charge in [0.2, 0.25) is 5.91 Å². The van der Waals surface area contributed by atoms with Crippen LogP contribution >= 0.6 is 0 Å². The second kappa shape index (κ2) is 7.28. The minimum atomic E-state index is 0.193. The van der Waals surface area contributed by atoms with Crippen LogP contribution < -0.4 is 0 Å². The summed E-state index contributed by atoms with van der Waals surface area (Å²) in [6.07, 6.45) is 10.9. The second-order valence-electron chi connectivity index (χ2n) is 8.91. The maximum absolute atomic E-state index is 13.1. The zero-order chi connectivity index (χ0) is 19.8. The predicted octanol–water partition coefficient (Wildman–Crippen LogP) is 3.50. The van der Waals surface area contributed by atoms with Crippen LogP contribution in [0, 0.1) is 12.3 Å². The van der Waals surface area contributed by atoms with Gasteiger partial charge < -0.3 is 9.88 Å². The summed E-state index contributed by atoms with van der Waals surface area (Å²) >= 11 is 0. The van der Waals surface area contributed by atoms with Crippen molar-refractivity contribution < 1.29 is 4.79 Å². The van der Waals surface area contributed by atoms with E-state index in [0.29, 0.717) is 17.8 Å². The Balaban J connectivity index is 1.37. The minimum absolute atomic E-state index is 0.193. The van der Waals surface area contributed by atoms with Crippen molar-refractivity contribution in [3.05, 3.63) is 41.7 Å². The predicted molar refractivity (Wildman–Crippen MR) is 110 cm³/mol. The highest BCUT2D eigenvalue weighted by atomic mass is 16.2. The lowest BCUT2D eigenvalue weighted by molar-refractivity contribution is -0.131. The molecule has 2 fully saturated rings. The van der Waals surface area contributed by atoms with Gasteiger partial charge in [0.25, 0.3) is 0 Å². The average molecular weight is 393 g/mol. The van der Waals surface area contributed by atoms with Gasteiger partial charge in [0, 0.05) is 36.3 Å². The van der Waals surface area contributed by atoms with E-state index in [-0.39, 0.29) is 5.91 Å². The van der Waals surface area contributed by atoms with Crippen LogP contribution in [0.3, 0.4) is 0 Å². The fraction of sp³-hybridized carbons (Fsp3) is 0.545. The van der Waals surface area contributed by atoms with Gasteiger partial charge in [-0.05, 0) is 56.6 Å². The molecule has 3 aromatic heterocycles. The minimum Gasteiger partial charge on any atom is -0.346 e. The molecular weight excluding hydrogens is 364 g/mol. The number of H-pyrrole nitrogens is 2. The van der Waals surface area contributed by atoms with E-state index in [1.165, 1.54) is 25.7 Å². The number of rotatable bonds is 3. The normalized spacial score (nSPS) is 21.7. The van der Waals surface area contributed by atoms with Crippen molar-refractivity contribution in [3.8, 4) is 0 Å². The van der Waals surface area contributed by atoms with Crippen molar-refractivity contribution in [2.45, 2.75) is 57.8 Å². The van der Waals surface area contributed by atoms with Crippen molar-refractivity contribution >= 4 is 16.9 Å². The molecule has 1 atom stereocenters. The Kier molecular flexibility index (Phi) is 4.60. The van der Waals surface area contributed by atoms with E-state index in [4.69, 9.17) is 0 Å².